The summed E-state index contributed by atoms with van der Waals surface area (Å²) in [5.74, 6) is -0.145. The fourth-order valence-corrected chi connectivity index (χ4v) is 3.66. The zero-order chi connectivity index (χ0) is 12.2. The highest BCUT2D eigenvalue weighted by molar-refractivity contribution is 6.05. The van der Waals surface area contributed by atoms with E-state index in [1.165, 1.54) is 4.90 Å². The second-order valence-corrected chi connectivity index (χ2v) is 5.47. The van der Waals surface area contributed by atoms with E-state index < -0.39 is 0 Å². The number of fused-ring (bicyclic) bond motifs is 2. The summed E-state index contributed by atoms with van der Waals surface area (Å²) in [4.78, 5) is 27.0. The molecule has 3 rings (SSSR count). The molecule has 5 nitrogen and oxygen atoms in total. The Morgan fingerprint density at radius 1 is 1.18 bits per heavy atom. The van der Waals surface area contributed by atoms with Gasteiger partial charge in [0.2, 0.25) is 11.8 Å². The van der Waals surface area contributed by atoms with Crippen molar-refractivity contribution in [3.05, 3.63) is 0 Å². The van der Waals surface area contributed by atoms with E-state index in [4.69, 9.17) is 0 Å². The van der Waals surface area contributed by atoms with E-state index in [0.717, 1.165) is 25.7 Å². The first-order chi connectivity index (χ1) is 8.08. The Morgan fingerprint density at radius 2 is 1.76 bits per heavy atom. The average molecular weight is 238 g/mol. The molecule has 0 aromatic carbocycles. The van der Waals surface area contributed by atoms with Crippen molar-refractivity contribution in [1.82, 2.24) is 9.80 Å². The van der Waals surface area contributed by atoms with Crippen LogP contribution in [0.3, 0.4) is 0 Å². The van der Waals surface area contributed by atoms with E-state index >= 15 is 0 Å². The van der Waals surface area contributed by atoms with Crippen molar-refractivity contribution >= 4 is 11.8 Å². The predicted molar refractivity (Wildman–Crippen MR) is 60.1 cm³/mol. The zero-order valence-electron chi connectivity index (χ0n) is 10.0. The Hall–Kier alpha value is -0.940. The largest absolute Gasteiger partial charge is 0.393 e. The topological polar surface area (TPSA) is 60.9 Å². The molecule has 0 spiro atoms. The Bertz CT molecular complexity index is 357. The normalized spacial score (nSPS) is 42.6. The second kappa shape index (κ2) is 3.78. The Balaban J connectivity index is 1.82. The third kappa shape index (κ3) is 1.60. The maximum absolute atomic E-state index is 12.0. The minimum absolute atomic E-state index is 0.0664. The zero-order valence-corrected chi connectivity index (χ0v) is 10.0. The number of hydrogen-bond acceptors (Lipinski definition) is 4. The molecule has 0 saturated carbocycles. The van der Waals surface area contributed by atoms with Crippen molar-refractivity contribution in [3.8, 4) is 0 Å². The van der Waals surface area contributed by atoms with Crippen molar-refractivity contribution in [2.45, 2.75) is 56.3 Å². The highest BCUT2D eigenvalue weighted by Crippen LogP contribution is 2.39. The number of carbonyl (C=O) groups is 2. The van der Waals surface area contributed by atoms with Gasteiger partial charge in [-0.15, -0.1) is 0 Å². The molecule has 1 N–H and O–H groups in total. The number of aliphatic hydroxyl groups excluding tert-OH is 1. The quantitative estimate of drug-likeness (QED) is 0.639. The summed E-state index contributed by atoms with van der Waals surface area (Å²) in [6.07, 6.45) is 3.68. The van der Waals surface area contributed by atoms with Crippen LogP contribution in [0.15, 0.2) is 0 Å². The summed E-state index contributed by atoms with van der Waals surface area (Å²) in [6.45, 7) is 0. The molecule has 3 aliphatic rings. The van der Waals surface area contributed by atoms with Crippen LogP contribution in [0.25, 0.3) is 0 Å². The molecule has 94 valence electrons. The summed E-state index contributed by atoms with van der Waals surface area (Å²) in [5, 5.41) is 9.73. The van der Waals surface area contributed by atoms with Crippen LogP contribution in [0.5, 0.6) is 0 Å². The summed E-state index contributed by atoms with van der Waals surface area (Å²) < 4.78 is 0. The lowest BCUT2D eigenvalue weighted by Crippen LogP contribution is -2.52. The summed E-state index contributed by atoms with van der Waals surface area (Å²) in [6, 6.07) is 0.312. The van der Waals surface area contributed by atoms with Crippen molar-refractivity contribution in [2.75, 3.05) is 7.05 Å². The Morgan fingerprint density at radius 3 is 2.24 bits per heavy atom. The van der Waals surface area contributed by atoms with Gasteiger partial charge in [0, 0.05) is 19.1 Å². The maximum Gasteiger partial charge on any atom is 0.246 e. The lowest BCUT2D eigenvalue weighted by atomic mass is 9.97. The molecule has 2 bridgehead atoms. The van der Waals surface area contributed by atoms with Crippen molar-refractivity contribution in [3.63, 3.8) is 0 Å². The number of carbonyl (C=O) groups excluding carboxylic acids is 2. The fraction of sp³-hybridized carbons (Fsp3) is 0.833. The van der Waals surface area contributed by atoms with Gasteiger partial charge in [0.15, 0.2) is 0 Å². The molecule has 0 aliphatic carbocycles. The van der Waals surface area contributed by atoms with Crippen molar-refractivity contribution < 1.29 is 14.7 Å². The summed E-state index contributed by atoms with van der Waals surface area (Å²) in [7, 11) is 1.56. The number of aliphatic hydroxyl groups is 1. The molecule has 0 aromatic heterocycles. The number of likely N-dealkylation sites (N-methyl/N-ethyl adjacent to an activating group) is 1. The molecule has 3 fully saturated rings. The van der Waals surface area contributed by atoms with Crippen LogP contribution in [0.2, 0.25) is 0 Å². The van der Waals surface area contributed by atoms with E-state index in [0.29, 0.717) is 6.42 Å². The minimum Gasteiger partial charge on any atom is -0.393 e. The third-order valence-electron chi connectivity index (χ3n) is 4.48. The number of hydrogen-bond donors (Lipinski definition) is 1. The standard InChI is InChI=1S/C12H18N2O3/c1-13-11(16)6-10(12(13)17)14-7-2-3-8(14)5-9(15)4-7/h7-10,15H,2-6H2,1H3. The van der Waals surface area contributed by atoms with Gasteiger partial charge in [-0.05, 0) is 25.7 Å². The molecule has 5 heteroatoms. The molecular weight excluding hydrogens is 220 g/mol. The lowest BCUT2D eigenvalue weighted by Gasteiger charge is -2.39. The SMILES string of the molecule is CN1C(=O)CC(N2C3CCC2CC(O)C3)C1=O. The van der Waals surface area contributed by atoms with Gasteiger partial charge in [0.25, 0.3) is 0 Å². The van der Waals surface area contributed by atoms with E-state index in [-0.39, 0.29) is 36.0 Å². The molecule has 3 heterocycles. The molecule has 3 unspecified atom stereocenters. The number of imide groups is 1. The summed E-state index contributed by atoms with van der Waals surface area (Å²) in [5.41, 5.74) is 0. The van der Waals surface area contributed by atoms with Gasteiger partial charge in [-0.3, -0.25) is 19.4 Å². The van der Waals surface area contributed by atoms with Gasteiger partial charge in [-0.1, -0.05) is 0 Å². The molecule has 3 aliphatic heterocycles. The maximum atomic E-state index is 12.0. The minimum atomic E-state index is -0.266. The van der Waals surface area contributed by atoms with Crippen molar-refractivity contribution in [2.24, 2.45) is 0 Å². The van der Waals surface area contributed by atoms with Crippen LogP contribution in [0, 0.1) is 0 Å². The number of rotatable bonds is 1. The third-order valence-corrected chi connectivity index (χ3v) is 4.48. The van der Waals surface area contributed by atoms with Gasteiger partial charge < -0.3 is 5.11 Å². The Kier molecular flexibility index (Phi) is 2.48. The predicted octanol–water partition coefficient (Wildman–Crippen LogP) is -0.269. The molecule has 0 aromatic rings. The van der Waals surface area contributed by atoms with Crippen LogP contribution in [-0.2, 0) is 9.59 Å². The van der Waals surface area contributed by atoms with Gasteiger partial charge in [-0.2, -0.15) is 0 Å². The number of amides is 2. The monoisotopic (exact) mass is 238 g/mol. The molecule has 3 atom stereocenters. The van der Waals surface area contributed by atoms with Gasteiger partial charge in [-0.25, -0.2) is 0 Å². The molecule has 3 saturated heterocycles. The van der Waals surface area contributed by atoms with E-state index in [1.54, 1.807) is 7.05 Å². The lowest BCUT2D eigenvalue weighted by molar-refractivity contribution is -0.139. The molecule has 17 heavy (non-hydrogen) atoms. The highest BCUT2D eigenvalue weighted by atomic mass is 16.3. The average Bonchev–Trinajstić information content (AvgIpc) is 2.68. The first-order valence-electron chi connectivity index (χ1n) is 6.34. The number of nitrogens with zero attached hydrogens (tertiary/aromatic N) is 2. The van der Waals surface area contributed by atoms with Crippen LogP contribution in [-0.4, -0.2) is 58.0 Å². The first kappa shape index (κ1) is 11.2. The fourth-order valence-electron chi connectivity index (χ4n) is 3.66. The van der Waals surface area contributed by atoms with Crippen LogP contribution in [0.1, 0.15) is 32.1 Å². The van der Waals surface area contributed by atoms with Gasteiger partial charge in [0.05, 0.1) is 18.6 Å². The van der Waals surface area contributed by atoms with Crippen LogP contribution < -0.4 is 0 Å². The van der Waals surface area contributed by atoms with Gasteiger partial charge in [0.1, 0.15) is 0 Å². The highest BCUT2D eigenvalue weighted by Gasteiger charge is 2.49. The Labute approximate surface area is 100 Å². The van der Waals surface area contributed by atoms with Crippen molar-refractivity contribution in [1.29, 1.82) is 0 Å². The molecule has 2 amide bonds. The molecular formula is C12H18N2O3. The smallest absolute Gasteiger partial charge is 0.246 e. The van der Waals surface area contributed by atoms with Crippen LogP contribution >= 0.6 is 0 Å². The van der Waals surface area contributed by atoms with E-state index in [1.807, 2.05) is 0 Å². The number of piperidine rings is 1. The number of likely N-dealkylation sites (tertiary alicyclic amines) is 1. The van der Waals surface area contributed by atoms with E-state index in [2.05, 4.69) is 4.90 Å². The first-order valence-corrected chi connectivity index (χ1v) is 6.34. The molecule has 0 radical (unpaired) electrons. The van der Waals surface area contributed by atoms with E-state index in [9.17, 15) is 14.7 Å². The van der Waals surface area contributed by atoms with Gasteiger partial charge >= 0.3 is 0 Å². The second-order valence-electron chi connectivity index (χ2n) is 5.47. The van der Waals surface area contributed by atoms with Crippen LogP contribution in [0.4, 0.5) is 0 Å². The summed E-state index contributed by atoms with van der Waals surface area (Å²) >= 11 is 0.